The molecule has 1 rings (SSSR count). The van der Waals surface area contributed by atoms with Crippen LogP contribution < -0.4 is 4.74 Å². The first-order valence-corrected chi connectivity index (χ1v) is 12.3. The van der Waals surface area contributed by atoms with Gasteiger partial charge in [-0.3, -0.25) is 0 Å². The molecule has 0 spiro atoms. The summed E-state index contributed by atoms with van der Waals surface area (Å²) in [5.74, 6) is 0.913. The molecule has 0 heterocycles. The van der Waals surface area contributed by atoms with Crippen molar-refractivity contribution in [2.45, 2.75) is 6.92 Å². The summed E-state index contributed by atoms with van der Waals surface area (Å²) in [4.78, 5) is 0. The van der Waals surface area contributed by atoms with Gasteiger partial charge in [-0.15, -0.1) is 12.1 Å². The van der Waals surface area contributed by atoms with Gasteiger partial charge in [0.15, 0.2) is 0 Å². The fraction of sp³-hybridized carbons (Fsp3) is 0.250. The Labute approximate surface area is 88.4 Å². The molecule has 0 atom stereocenters. The Morgan fingerprint density at radius 3 is 2.45 bits per heavy atom. The predicted octanol–water partition coefficient (Wildman–Crippen LogP) is 2.77. The zero-order valence-electron chi connectivity index (χ0n) is 6.51. The molecule has 1 nitrogen and oxygen atoms in total. The van der Waals surface area contributed by atoms with Gasteiger partial charge in [-0.25, -0.2) is 0 Å². The number of ether oxygens (including phenoxy) is 1. The first-order chi connectivity index (χ1) is 5.43. The van der Waals surface area contributed by atoms with E-state index in [1.807, 2.05) is 31.2 Å². The molecule has 1 aromatic rings. The van der Waals surface area contributed by atoms with Gasteiger partial charge in [0.05, 0.1) is 6.61 Å². The quantitative estimate of drug-likeness (QED) is 0.463. The molecule has 0 saturated carbocycles. The van der Waals surface area contributed by atoms with E-state index in [1.165, 1.54) is 14.8 Å². The van der Waals surface area contributed by atoms with Crippen LogP contribution in [0.25, 0.3) is 0 Å². The molecule has 0 aliphatic heterocycles. The van der Waals surface area contributed by atoms with Gasteiger partial charge in [0.1, 0.15) is 0 Å². The third-order valence-electron chi connectivity index (χ3n) is 0.999. The van der Waals surface area contributed by atoms with Gasteiger partial charge in [0, 0.05) is 5.75 Å². The van der Waals surface area contributed by atoms with Crippen LogP contribution in [0.1, 0.15) is 6.92 Å². The topological polar surface area (TPSA) is 9.23 Å². The summed E-state index contributed by atoms with van der Waals surface area (Å²) in [6.45, 7) is 2.70. The number of benzene rings is 1. The molecule has 0 radical (unpaired) electrons. The summed E-state index contributed by atoms with van der Waals surface area (Å²) in [5.41, 5.74) is 0. The fourth-order valence-corrected chi connectivity index (χ4v) is 0.634. The van der Waals surface area contributed by atoms with Crippen LogP contribution in [-0.2, 0) is 14.8 Å². The van der Waals surface area contributed by atoms with E-state index in [2.05, 4.69) is 25.8 Å². The second-order valence-electron chi connectivity index (χ2n) is 1.67. The van der Waals surface area contributed by atoms with Crippen molar-refractivity contribution in [1.29, 1.82) is 0 Å². The van der Waals surface area contributed by atoms with Crippen molar-refractivity contribution in [3.05, 3.63) is 30.3 Å². The second kappa shape index (κ2) is 8.47. The average molecular weight is 313 g/mol. The molecule has 0 aliphatic rings. The van der Waals surface area contributed by atoms with Crippen molar-refractivity contribution in [1.82, 2.24) is 0 Å². The molecule has 0 aromatic heterocycles. The van der Waals surface area contributed by atoms with Crippen LogP contribution in [0, 0.1) is 6.07 Å². The Balaban J connectivity index is 0.000000461. The maximum atomic E-state index is 5.19. The van der Waals surface area contributed by atoms with Crippen LogP contribution in [0.5, 0.6) is 5.75 Å². The molecule has 56 valence electrons. The molecule has 0 amide bonds. The van der Waals surface area contributed by atoms with E-state index in [4.69, 9.17) is 4.74 Å². The molecule has 11 heavy (non-hydrogen) atoms. The van der Waals surface area contributed by atoms with Gasteiger partial charge in [-0.1, -0.05) is 0 Å². The van der Waals surface area contributed by atoms with Gasteiger partial charge in [0.25, 0.3) is 0 Å². The second-order valence-corrected chi connectivity index (χ2v) is 1.67. The van der Waals surface area contributed by atoms with Crippen molar-refractivity contribution in [3.63, 3.8) is 0 Å². The Kier molecular flexibility index (Phi) is 8.76. The molecular weight excluding hydrogens is 304 g/mol. The summed E-state index contributed by atoms with van der Waals surface area (Å²) < 4.78 is 5.19. The number of halogens is 1. The fourth-order valence-electron chi connectivity index (χ4n) is 0.634. The first kappa shape index (κ1) is 11.4. The predicted molar refractivity (Wildman–Crippen MR) is 50.5 cm³/mol. The van der Waals surface area contributed by atoms with Crippen molar-refractivity contribution in [2.75, 3.05) is 6.61 Å². The van der Waals surface area contributed by atoms with Crippen LogP contribution >= 0.6 is 19.8 Å². The standard InChI is InChI=1S/C8H9O.HI.Zn/c1-2-9-8-6-4-3-5-7-8;;/h4-7H,2H2,1H3;1H;/q-1;;+2/p-1. The molecular formula is C8H9IOZn. The van der Waals surface area contributed by atoms with E-state index in [0.29, 0.717) is 0 Å². The summed E-state index contributed by atoms with van der Waals surface area (Å²) in [6.07, 6.45) is 0. The molecule has 0 fully saturated rings. The average Bonchev–Trinajstić information content (AvgIpc) is 2.11. The van der Waals surface area contributed by atoms with Crippen molar-refractivity contribution in [3.8, 4) is 5.75 Å². The van der Waals surface area contributed by atoms with Crippen molar-refractivity contribution >= 4 is 19.8 Å². The third-order valence-corrected chi connectivity index (χ3v) is 0.999. The normalized spacial score (nSPS) is 8.00. The number of rotatable bonds is 2. The van der Waals surface area contributed by atoms with Gasteiger partial charge in [-0.2, -0.15) is 18.2 Å². The molecule has 0 N–H and O–H groups in total. The molecule has 0 bridgehead atoms. The molecule has 0 saturated heterocycles. The zero-order chi connectivity index (χ0) is 8.53. The van der Waals surface area contributed by atoms with E-state index in [9.17, 15) is 0 Å². The van der Waals surface area contributed by atoms with Crippen LogP contribution in [0.15, 0.2) is 24.3 Å². The first-order valence-electron chi connectivity index (χ1n) is 3.29. The molecule has 0 aliphatic carbocycles. The van der Waals surface area contributed by atoms with E-state index >= 15 is 0 Å². The van der Waals surface area contributed by atoms with E-state index < -0.39 is 0 Å². The van der Waals surface area contributed by atoms with Gasteiger partial charge >= 0.3 is 34.5 Å². The summed E-state index contributed by atoms with van der Waals surface area (Å²) >= 11 is 3.62. The monoisotopic (exact) mass is 312 g/mol. The third kappa shape index (κ3) is 5.62. The van der Waals surface area contributed by atoms with E-state index in [-0.39, 0.29) is 0 Å². The number of hydrogen-bond acceptors (Lipinski definition) is 1. The maximum absolute atomic E-state index is 5.19. The Hall–Kier alpha value is 0.373. The summed E-state index contributed by atoms with van der Waals surface area (Å²) in [5, 5.41) is 0. The minimum absolute atomic E-state index is 0.726. The van der Waals surface area contributed by atoms with Crippen molar-refractivity contribution < 1.29 is 19.5 Å². The van der Waals surface area contributed by atoms with Gasteiger partial charge in [-0.05, 0) is 6.92 Å². The van der Waals surface area contributed by atoms with E-state index in [0.717, 1.165) is 12.4 Å². The number of hydrogen-bond donors (Lipinski definition) is 0. The van der Waals surface area contributed by atoms with E-state index in [1.54, 1.807) is 0 Å². The van der Waals surface area contributed by atoms with Gasteiger partial charge < -0.3 is 4.74 Å². The Bertz CT molecular complexity index is 167. The summed E-state index contributed by atoms with van der Waals surface area (Å²) in [7, 11) is 0. The van der Waals surface area contributed by atoms with Crippen LogP contribution in [0.2, 0.25) is 0 Å². The zero-order valence-corrected chi connectivity index (χ0v) is 11.6. The van der Waals surface area contributed by atoms with Crippen molar-refractivity contribution in [2.24, 2.45) is 0 Å². The minimum atomic E-state index is 0.726. The van der Waals surface area contributed by atoms with Gasteiger partial charge in [0.2, 0.25) is 0 Å². The SMILES string of the molecule is CCOc1cc[c-]cc1.[Zn+][I]. The Morgan fingerprint density at radius 1 is 1.45 bits per heavy atom. The molecule has 3 heteroatoms. The van der Waals surface area contributed by atoms with Crippen LogP contribution in [0.4, 0.5) is 0 Å². The summed E-state index contributed by atoms with van der Waals surface area (Å²) in [6, 6.07) is 10.4. The van der Waals surface area contributed by atoms with Crippen LogP contribution in [0.3, 0.4) is 0 Å². The molecule has 1 aromatic carbocycles. The van der Waals surface area contributed by atoms with Crippen LogP contribution in [-0.4, -0.2) is 6.61 Å². The molecule has 0 unspecified atom stereocenters. The Morgan fingerprint density at radius 2 is 2.00 bits per heavy atom.